The molecule has 1 aliphatic heterocycles. The zero-order valence-corrected chi connectivity index (χ0v) is 16.9. The van der Waals surface area contributed by atoms with Crippen molar-refractivity contribution in [3.8, 4) is 5.75 Å². The lowest BCUT2D eigenvalue weighted by atomic mass is 9.94. The predicted octanol–water partition coefficient (Wildman–Crippen LogP) is 4.38. The van der Waals surface area contributed by atoms with E-state index in [0.29, 0.717) is 16.6 Å². The monoisotopic (exact) mass is 365 g/mol. The van der Waals surface area contributed by atoms with Crippen LogP contribution in [0, 0.1) is 5.92 Å². The summed E-state index contributed by atoms with van der Waals surface area (Å²) in [4.78, 5) is 0.347. The SMILES string of the molecule is CCC(C)C(C)N(C1CC1)S(=O)(=O)c1cccc2c1OC(C)(C)CC2. The van der Waals surface area contributed by atoms with E-state index in [2.05, 4.69) is 13.8 Å². The molecule has 0 radical (unpaired) electrons. The van der Waals surface area contributed by atoms with Gasteiger partial charge in [0.2, 0.25) is 10.0 Å². The number of nitrogens with zero attached hydrogens (tertiary/aromatic N) is 1. The van der Waals surface area contributed by atoms with Crippen LogP contribution in [0.4, 0.5) is 0 Å². The summed E-state index contributed by atoms with van der Waals surface area (Å²) in [6.07, 6.45) is 4.65. The van der Waals surface area contributed by atoms with Crippen molar-refractivity contribution in [2.75, 3.05) is 0 Å². The molecular weight excluding hydrogens is 334 g/mol. The number of sulfonamides is 1. The van der Waals surface area contributed by atoms with Gasteiger partial charge in [0.05, 0.1) is 0 Å². The van der Waals surface area contributed by atoms with Crippen molar-refractivity contribution in [2.24, 2.45) is 5.92 Å². The number of aryl methyl sites for hydroxylation is 1. The van der Waals surface area contributed by atoms with E-state index in [0.717, 1.165) is 37.7 Å². The van der Waals surface area contributed by atoms with Gasteiger partial charge in [-0.3, -0.25) is 0 Å². The maximum Gasteiger partial charge on any atom is 0.247 e. The summed E-state index contributed by atoms with van der Waals surface area (Å²) in [5, 5.41) is 0. The lowest BCUT2D eigenvalue weighted by Gasteiger charge is -2.36. The number of hydrogen-bond acceptors (Lipinski definition) is 3. The summed E-state index contributed by atoms with van der Waals surface area (Å²) in [7, 11) is -3.58. The second-order valence-electron chi connectivity index (χ2n) is 8.30. The van der Waals surface area contributed by atoms with Crippen molar-refractivity contribution < 1.29 is 13.2 Å². The second kappa shape index (κ2) is 6.58. The third-order valence-electron chi connectivity index (χ3n) is 5.77. The number of hydrogen-bond donors (Lipinski definition) is 0. The number of rotatable bonds is 6. The van der Waals surface area contributed by atoms with Gasteiger partial charge in [0.1, 0.15) is 16.2 Å². The first-order valence-corrected chi connectivity index (χ1v) is 11.0. The molecule has 0 saturated heterocycles. The van der Waals surface area contributed by atoms with Crippen LogP contribution in [0.15, 0.2) is 23.1 Å². The van der Waals surface area contributed by atoms with Crippen molar-refractivity contribution in [3.63, 3.8) is 0 Å². The van der Waals surface area contributed by atoms with Gasteiger partial charge in [0.25, 0.3) is 0 Å². The molecule has 2 aliphatic rings. The Kier molecular flexibility index (Phi) is 4.93. The van der Waals surface area contributed by atoms with Crippen LogP contribution in [0.1, 0.15) is 65.9 Å². The van der Waals surface area contributed by atoms with Gasteiger partial charge in [0, 0.05) is 12.1 Å². The fourth-order valence-corrected chi connectivity index (χ4v) is 5.76. The molecule has 2 atom stereocenters. The molecule has 1 aromatic carbocycles. The standard InChI is InChI=1S/C20H31NO3S/c1-6-14(2)15(3)21(17-10-11-17)25(22,23)18-9-7-8-16-12-13-20(4,5)24-19(16)18/h7-9,14-15,17H,6,10-13H2,1-5H3. The van der Waals surface area contributed by atoms with E-state index in [9.17, 15) is 8.42 Å². The van der Waals surface area contributed by atoms with Crippen molar-refractivity contribution in [1.29, 1.82) is 0 Å². The van der Waals surface area contributed by atoms with Gasteiger partial charge in [-0.25, -0.2) is 8.42 Å². The van der Waals surface area contributed by atoms with Crippen molar-refractivity contribution in [2.45, 2.75) is 89.3 Å². The first-order chi connectivity index (χ1) is 11.7. The summed E-state index contributed by atoms with van der Waals surface area (Å²) in [6.45, 7) is 10.4. The molecule has 25 heavy (non-hydrogen) atoms. The smallest absolute Gasteiger partial charge is 0.247 e. The van der Waals surface area contributed by atoms with Crippen molar-refractivity contribution in [1.82, 2.24) is 4.31 Å². The molecule has 4 nitrogen and oxygen atoms in total. The number of para-hydroxylation sites is 1. The van der Waals surface area contributed by atoms with Crippen LogP contribution in [0.3, 0.4) is 0 Å². The highest BCUT2D eigenvalue weighted by atomic mass is 32.2. The van der Waals surface area contributed by atoms with Gasteiger partial charge < -0.3 is 4.74 Å². The van der Waals surface area contributed by atoms with Gasteiger partial charge in [-0.2, -0.15) is 4.31 Å². The van der Waals surface area contributed by atoms with Gasteiger partial charge in [-0.1, -0.05) is 32.4 Å². The fourth-order valence-electron chi connectivity index (χ4n) is 3.62. The van der Waals surface area contributed by atoms with Crippen LogP contribution in [0.25, 0.3) is 0 Å². The highest BCUT2D eigenvalue weighted by Crippen LogP contribution is 2.42. The number of fused-ring (bicyclic) bond motifs is 1. The van der Waals surface area contributed by atoms with E-state index in [1.165, 1.54) is 0 Å². The molecule has 140 valence electrons. The maximum absolute atomic E-state index is 13.6. The third-order valence-corrected chi connectivity index (χ3v) is 7.83. The molecule has 1 aliphatic carbocycles. The Hall–Kier alpha value is -1.07. The molecule has 1 aromatic rings. The first-order valence-electron chi connectivity index (χ1n) is 9.52. The minimum atomic E-state index is -3.58. The van der Waals surface area contributed by atoms with Crippen molar-refractivity contribution in [3.05, 3.63) is 23.8 Å². The molecule has 1 heterocycles. The molecule has 2 unspecified atom stereocenters. The Morgan fingerprint density at radius 1 is 1.28 bits per heavy atom. The van der Waals surface area contributed by atoms with Crippen LogP contribution >= 0.6 is 0 Å². The zero-order valence-electron chi connectivity index (χ0n) is 16.1. The van der Waals surface area contributed by atoms with Crippen LogP contribution in [-0.2, 0) is 16.4 Å². The maximum atomic E-state index is 13.6. The van der Waals surface area contributed by atoms with E-state index in [1.54, 1.807) is 10.4 Å². The van der Waals surface area contributed by atoms with Crippen LogP contribution in [-0.4, -0.2) is 30.4 Å². The summed E-state index contributed by atoms with van der Waals surface area (Å²) >= 11 is 0. The van der Waals surface area contributed by atoms with Crippen LogP contribution in [0.5, 0.6) is 5.75 Å². The second-order valence-corrected chi connectivity index (χ2v) is 10.1. The normalized spacial score (nSPS) is 22.2. The van der Waals surface area contributed by atoms with Gasteiger partial charge >= 0.3 is 0 Å². The molecule has 0 bridgehead atoms. The van der Waals surface area contributed by atoms with Gasteiger partial charge in [0.15, 0.2) is 0 Å². The van der Waals surface area contributed by atoms with E-state index >= 15 is 0 Å². The van der Waals surface area contributed by atoms with E-state index in [4.69, 9.17) is 4.74 Å². The highest BCUT2D eigenvalue weighted by molar-refractivity contribution is 7.89. The average molecular weight is 366 g/mol. The lowest BCUT2D eigenvalue weighted by molar-refractivity contribution is 0.0803. The van der Waals surface area contributed by atoms with Crippen molar-refractivity contribution >= 4 is 10.0 Å². The molecular formula is C20H31NO3S. The zero-order chi connectivity index (χ0) is 18.4. The van der Waals surface area contributed by atoms with Gasteiger partial charge in [-0.05, 0) is 64.0 Å². The summed E-state index contributed by atoms with van der Waals surface area (Å²) in [5.41, 5.74) is 0.679. The Labute approximate surface area is 152 Å². The average Bonchev–Trinajstić information content (AvgIpc) is 3.37. The molecule has 1 saturated carbocycles. The summed E-state index contributed by atoms with van der Waals surface area (Å²) < 4.78 is 35.1. The molecule has 5 heteroatoms. The molecule has 3 rings (SSSR count). The topological polar surface area (TPSA) is 46.6 Å². The Bertz CT molecular complexity index is 737. The molecule has 1 fully saturated rings. The minimum Gasteiger partial charge on any atom is -0.486 e. The lowest BCUT2D eigenvalue weighted by Crippen LogP contribution is -2.44. The number of benzene rings is 1. The Balaban J connectivity index is 2.05. The van der Waals surface area contributed by atoms with Crippen LogP contribution < -0.4 is 4.74 Å². The fraction of sp³-hybridized carbons (Fsp3) is 0.700. The van der Waals surface area contributed by atoms with E-state index < -0.39 is 10.0 Å². The van der Waals surface area contributed by atoms with Gasteiger partial charge in [-0.15, -0.1) is 0 Å². The Morgan fingerprint density at radius 2 is 1.96 bits per heavy atom. The molecule has 0 N–H and O–H groups in total. The molecule has 0 aromatic heterocycles. The predicted molar refractivity (Wildman–Crippen MR) is 100 cm³/mol. The largest absolute Gasteiger partial charge is 0.486 e. The minimum absolute atomic E-state index is 0.00467. The van der Waals surface area contributed by atoms with E-state index in [1.807, 2.05) is 32.9 Å². The molecule has 0 spiro atoms. The van der Waals surface area contributed by atoms with E-state index in [-0.39, 0.29) is 17.7 Å². The third kappa shape index (κ3) is 3.59. The summed E-state index contributed by atoms with van der Waals surface area (Å²) in [6, 6.07) is 5.69. The quantitative estimate of drug-likeness (QED) is 0.752. The highest BCUT2D eigenvalue weighted by Gasteiger charge is 2.44. The van der Waals surface area contributed by atoms with Crippen LogP contribution in [0.2, 0.25) is 0 Å². The Morgan fingerprint density at radius 3 is 2.56 bits per heavy atom. The number of ether oxygens (including phenoxy) is 1. The first kappa shape index (κ1) is 18.7. The molecule has 0 amide bonds. The summed E-state index contributed by atoms with van der Waals surface area (Å²) in [5.74, 6) is 0.896.